The van der Waals surface area contributed by atoms with E-state index >= 15 is 0 Å². The lowest BCUT2D eigenvalue weighted by Gasteiger charge is -2.14. The van der Waals surface area contributed by atoms with Gasteiger partial charge in [-0.1, -0.05) is 60.1 Å². The fourth-order valence-corrected chi connectivity index (χ4v) is 3.19. The van der Waals surface area contributed by atoms with E-state index in [0.29, 0.717) is 22.0 Å². The van der Waals surface area contributed by atoms with Gasteiger partial charge in [0.25, 0.3) is 11.8 Å². The van der Waals surface area contributed by atoms with Crippen LogP contribution in [-0.2, 0) is 9.59 Å². The largest absolute Gasteiger partial charge is 0.484 e. The zero-order valence-corrected chi connectivity index (χ0v) is 18.7. The van der Waals surface area contributed by atoms with Gasteiger partial charge in [-0.25, -0.2) is 0 Å². The molecule has 3 rings (SSSR count). The van der Waals surface area contributed by atoms with Gasteiger partial charge in [0.2, 0.25) is 0 Å². The third-order valence-corrected chi connectivity index (χ3v) is 4.92. The Hall–Kier alpha value is -4.08. The van der Waals surface area contributed by atoms with Crippen molar-refractivity contribution in [3.05, 3.63) is 101 Å². The summed E-state index contributed by atoms with van der Waals surface area (Å²) in [5.74, 6) is -0.277. The molecule has 3 aromatic carbocycles. The number of rotatable bonds is 8. The molecule has 166 valence electrons. The number of carbonyl (C=O) groups excluding carboxylic acids is 2. The molecule has 0 fully saturated rings. The monoisotopic (exact) mass is 459 g/mol. The van der Waals surface area contributed by atoms with Gasteiger partial charge in [0.15, 0.2) is 6.61 Å². The van der Waals surface area contributed by atoms with Crippen LogP contribution in [0.25, 0.3) is 6.08 Å². The van der Waals surface area contributed by atoms with Gasteiger partial charge in [-0.05, 0) is 54.5 Å². The van der Waals surface area contributed by atoms with Crippen molar-refractivity contribution >= 4 is 35.2 Å². The summed E-state index contributed by atoms with van der Waals surface area (Å²) in [7, 11) is 0. The second-order valence-electron chi connectivity index (χ2n) is 7.19. The predicted molar refractivity (Wildman–Crippen MR) is 129 cm³/mol. The normalized spacial score (nSPS) is 11.7. The van der Waals surface area contributed by atoms with Crippen molar-refractivity contribution in [2.75, 3.05) is 11.9 Å². The molecule has 0 spiro atoms. The molecular formula is C26H22ClN3O3. The van der Waals surface area contributed by atoms with E-state index in [1.54, 1.807) is 48.5 Å². The van der Waals surface area contributed by atoms with Crippen molar-refractivity contribution in [1.29, 1.82) is 5.26 Å². The summed E-state index contributed by atoms with van der Waals surface area (Å²) >= 11 is 5.92. The van der Waals surface area contributed by atoms with Crippen LogP contribution in [0.4, 0.5) is 5.69 Å². The fourth-order valence-electron chi connectivity index (χ4n) is 3.00. The minimum absolute atomic E-state index is 0.0575. The molecule has 0 heterocycles. The summed E-state index contributed by atoms with van der Waals surface area (Å²) in [4.78, 5) is 24.5. The Morgan fingerprint density at radius 3 is 2.45 bits per heavy atom. The molecule has 0 aliphatic carbocycles. The number of anilines is 1. The highest BCUT2D eigenvalue weighted by Crippen LogP contribution is 2.18. The zero-order chi connectivity index (χ0) is 23.6. The number of hydrogen-bond donors (Lipinski definition) is 2. The third kappa shape index (κ3) is 7.23. The molecule has 0 saturated carbocycles. The molecule has 0 aromatic heterocycles. The lowest BCUT2D eigenvalue weighted by atomic mass is 10.1. The number of nitrogens with zero attached hydrogens (tertiary/aromatic N) is 1. The number of benzene rings is 3. The molecule has 0 aliphatic rings. The second kappa shape index (κ2) is 11.5. The van der Waals surface area contributed by atoms with Crippen molar-refractivity contribution in [2.45, 2.75) is 13.0 Å². The quantitative estimate of drug-likeness (QED) is 0.360. The van der Waals surface area contributed by atoms with Crippen LogP contribution in [0.3, 0.4) is 0 Å². The average molecular weight is 460 g/mol. The number of hydrogen-bond acceptors (Lipinski definition) is 4. The SMILES string of the molecule is C[C@H](NC(=O)COc1ccc(/C=C(\C#N)C(=O)Nc2cccc(Cl)c2)cc1)c1ccccc1. The van der Waals surface area contributed by atoms with Crippen LogP contribution in [0, 0.1) is 11.3 Å². The Balaban J connectivity index is 1.55. The molecule has 6 nitrogen and oxygen atoms in total. The molecule has 0 aliphatic heterocycles. The lowest BCUT2D eigenvalue weighted by molar-refractivity contribution is -0.123. The summed E-state index contributed by atoms with van der Waals surface area (Å²) in [5, 5.41) is 15.4. The van der Waals surface area contributed by atoms with Crippen LogP contribution < -0.4 is 15.4 Å². The van der Waals surface area contributed by atoms with Crippen LogP contribution in [0.15, 0.2) is 84.4 Å². The second-order valence-corrected chi connectivity index (χ2v) is 7.63. The maximum Gasteiger partial charge on any atom is 0.266 e. The Bertz CT molecular complexity index is 1190. The number of ether oxygens (including phenoxy) is 1. The topological polar surface area (TPSA) is 91.2 Å². The number of halogens is 1. The summed E-state index contributed by atoms with van der Waals surface area (Å²) < 4.78 is 5.54. The number of nitrogens with one attached hydrogen (secondary N) is 2. The third-order valence-electron chi connectivity index (χ3n) is 4.69. The number of amides is 2. The van der Waals surface area contributed by atoms with E-state index in [4.69, 9.17) is 16.3 Å². The van der Waals surface area contributed by atoms with Crippen molar-refractivity contribution < 1.29 is 14.3 Å². The summed E-state index contributed by atoms with van der Waals surface area (Å²) in [6.07, 6.45) is 1.47. The minimum atomic E-state index is -0.538. The molecule has 2 amide bonds. The van der Waals surface area contributed by atoms with Gasteiger partial charge in [0, 0.05) is 10.7 Å². The maximum absolute atomic E-state index is 12.4. The van der Waals surface area contributed by atoms with Gasteiger partial charge in [-0.3, -0.25) is 9.59 Å². The maximum atomic E-state index is 12.4. The van der Waals surface area contributed by atoms with Gasteiger partial charge in [0.05, 0.1) is 6.04 Å². The molecule has 2 N–H and O–H groups in total. The van der Waals surface area contributed by atoms with Crippen molar-refractivity contribution in [1.82, 2.24) is 5.32 Å². The van der Waals surface area contributed by atoms with Crippen LogP contribution in [0.1, 0.15) is 24.1 Å². The van der Waals surface area contributed by atoms with Gasteiger partial charge in [-0.15, -0.1) is 0 Å². The highest BCUT2D eigenvalue weighted by Gasteiger charge is 2.11. The summed E-state index contributed by atoms with van der Waals surface area (Å²) in [5.41, 5.74) is 2.09. The first kappa shape index (κ1) is 23.6. The van der Waals surface area contributed by atoms with E-state index in [-0.39, 0.29) is 24.1 Å². The average Bonchev–Trinajstić information content (AvgIpc) is 2.82. The van der Waals surface area contributed by atoms with E-state index < -0.39 is 5.91 Å². The van der Waals surface area contributed by atoms with E-state index in [1.807, 2.05) is 43.3 Å². The smallest absolute Gasteiger partial charge is 0.266 e. The molecule has 33 heavy (non-hydrogen) atoms. The first-order valence-corrected chi connectivity index (χ1v) is 10.6. The molecule has 1 atom stereocenters. The van der Waals surface area contributed by atoms with E-state index in [9.17, 15) is 14.9 Å². The molecule has 0 radical (unpaired) electrons. The van der Waals surface area contributed by atoms with Gasteiger partial charge in [-0.2, -0.15) is 5.26 Å². The molecule has 0 saturated heterocycles. The van der Waals surface area contributed by atoms with Crippen molar-refractivity contribution in [3.63, 3.8) is 0 Å². The number of nitriles is 1. The number of carbonyl (C=O) groups is 2. The Kier molecular flexibility index (Phi) is 8.23. The van der Waals surface area contributed by atoms with Gasteiger partial charge < -0.3 is 15.4 Å². The van der Waals surface area contributed by atoms with Crippen LogP contribution >= 0.6 is 11.6 Å². The Morgan fingerprint density at radius 1 is 1.06 bits per heavy atom. The molecule has 0 bridgehead atoms. The molecule has 3 aromatic rings. The van der Waals surface area contributed by atoms with Crippen LogP contribution in [0.5, 0.6) is 5.75 Å². The highest BCUT2D eigenvalue weighted by molar-refractivity contribution is 6.31. The fraction of sp³-hybridized carbons (Fsp3) is 0.115. The molecular weight excluding hydrogens is 438 g/mol. The van der Waals surface area contributed by atoms with Gasteiger partial charge in [0.1, 0.15) is 17.4 Å². The van der Waals surface area contributed by atoms with Crippen molar-refractivity contribution in [3.8, 4) is 11.8 Å². The standard InChI is InChI=1S/C26H22ClN3O3/c1-18(20-6-3-2-4-7-20)29-25(31)17-33-24-12-10-19(11-13-24)14-21(16-28)26(32)30-23-9-5-8-22(27)15-23/h2-15,18H,17H2,1H3,(H,29,31)(H,30,32)/b21-14+/t18-/m0/s1. The highest BCUT2D eigenvalue weighted by atomic mass is 35.5. The Morgan fingerprint density at radius 2 is 1.79 bits per heavy atom. The first-order chi connectivity index (χ1) is 15.9. The Labute approximate surface area is 197 Å². The van der Waals surface area contributed by atoms with E-state index in [1.165, 1.54) is 6.08 Å². The zero-order valence-electron chi connectivity index (χ0n) is 17.9. The van der Waals surface area contributed by atoms with Crippen LogP contribution in [-0.4, -0.2) is 18.4 Å². The summed E-state index contributed by atoms with van der Waals surface area (Å²) in [6.45, 7) is 1.78. The molecule has 0 unspecified atom stereocenters. The van der Waals surface area contributed by atoms with Gasteiger partial charge >= 0.3 is 0 Å². The van der Waals surface area contributed by atoms with E-state index in [0.717, 1.165) is 5.56 Å². The predicted octanol–water partition coefficient (Wildman–Crippen LogP) is 5.14. The first-order valence-electron chi connectivity index (χ1n) is 10.2. The lowest BCUT2D eigenvalue weighted by Crippen LogP contribution is -2.31. The van der Waals surface area contributed by atoms with Crippen LogP contribution in [0.2, 0.25) is 5.02 Å². The minimum Gasteiger partial charge on any atom is -0.484 e. The summed E-state index contributed by atoms with van der Waals surface area (Å²) in [6, 6.07) is 24.8. The van der Waals surface area contributed by atoms with E-state index in [2.05, 4.69) is 10.6 Å². The molecule has 7 heteroatoms. The van der Waals surface area contributed by atoms with Crippen molar-refractivity contribution in [2.24, 2.45) is 0 Å².